The number of anilines is 2. The van der Waals surface area contributed by atoms with Crippen molar-refractivity contribution in [2.45, 2.75) is 31.6 Å². The molecule has 1 aliphatic heterocycles. The topological polar surface area (TPSA) is 87.4 Å². The number of urea groups is 1. The van der Waals surface area contributed by atoms with Crippen molar-refractivity contribution in [3.05, 3.63) is 54.6 Å². The van der Waals surface area contributed by atoms with E-state index in [0.717, 1.165) is 48.9 Å². The Kier molecular flexibility index (Phi) is 5.52. The second-order valence-corrected chi connectivity index (χ2v) is 8.11. The summed E-state index contributed by atoms with van der Waals surface area (Å²) in [6, 6.07) is 13.4. The smallest absolute Gasteiger partial charge is 0.321 e. The lowest BCUT2D eigenvalue weighted by molar-refractivity contribution is 0.208. The normalized spacial score (nSPS) is 17.2. The molecule has 31 heavy (non-hydrogen) atoms. The number of benzene rings is 1. The Balaban J connectivity index is 1.17. The first-order valence-corrected chi connectivity index (χ1v) is 10.9. The fourth-order valence-corrected chi connectivity index (χ4v) is 4.26. The predicted octanol–water partition coefficient (Wildman–Crippen LogP) is 4.14. The molecule has 0 radical (unpaired) electrons. The Morgan fingerprint density at radius 1 is 1.00 bits per heavy atom. The van der Waals surface area contributed by atoms with Crippen molar-refractivity contribution in [3.63, 3.8) is 0 Å². The first-order chi connectivity index (χ1) is 15.3. The van der Waals surface area contributed by atoms with Gasteiger partial charge in [-0.05, 0) is 37.1 Å². The summed E-state index contributed by atoms with van der Waals surface area (Å²) in [6.45, 7) is 2.78. The van der Waals surface area contributed by atoms with Crippen LogP contribution in [0.1, 0.15) is 37.5 Å². The van der Waals surface area contributed by atoms with Gasteiger partial charge >= 0.3 is 6.03 Å². The van der Waals surface area contributed by atoms with Crippen LogP contribution in [0.3, 0.4) is 0 Å². The van der Waals surface area contributed by atoms with E-state index in [1.807, 2.05) is 47.4 Å². The van der Waals surface area contributed by atoms with Crippen LogP contribution in [0.25, 0.3) is 11.4 Å². The SMILES string of the molecule is O=C(Nc1ccccc1)N1CCN(c2ccc(-c3noc(C4CCCC4)n3)cn2)CC1. The second kappa shape index (κ2) is 8.75. The van der Waals surface area contributed by atoms with Crippen molar-refractivity contribution in [3.8, 4) is 11.4 Å². The van der Waals surface area contributed by atoms with Gasteiger partial charge in [-0.2, -0.15) is 4.98 Å². The Hall–Kier alpha value is -3.42. The fourth-order valence-electron chi connectivity index (χ4n) is 4.26. The zero-order valence-electron chi connectivity index (χ0n) is 17.4. The van der Waals surface area contributed by atoms with Crippen LogP contribution in [0.2, 0.25) is 0 Å². The highest BCUT2D eigenvalue weighted by molar-refractivity contribution is 5.89. The number of piperazine rings is 1. The molecule has 1 saturated carbocycles. The van der Waals surface area contributed by atoms with Crippen LogP contribution in [0, 0.1) is 0 Å². The van der Waals surface area contributed by atoms with Crippen LogP contribution in [-0.4, -0.2) is 52.2 Å². The molecule has 2 fully saturated rings. The number of carbonyl (C=O) groups excluding carboxylic acids is 1. The minimum Gasteiger partial charge on any atom is -0.353 e. The van der Waals surface area contributed by atoms with E-state index in [1.54, 1.807) is 6.20 Å². The molecule has 2 amide bonds. The van der Waals surface area contributed by atoms with Gasteiger partial charge in [-0.25, -0.2) is 9.78 Å². The van der Waals surface area contributed by atoms with Crippen LogP contribution in [0.4, 0.5) is 16.3 Å². The van der Waals surface area contributed by atoms with Crippen molar-refractivity contribution in [2.24, 2.45) is 0 Å². The second-order valence-electron chi connectivity index (χ2n) is 8.11. The molecule has 1 aromatic carbocycles. The van der Waals surface area contributed by atoms with Gasteiger partial charge in [-0.1, -0.05) is 36.2 Å². The molecule has 3 aromatic rings. The van der Waals surface area contributed by atoms with E-state index < -0.39 is 0 Å². The maximum absolute atomic E-state index is 12.5. The van der Waals surface area contributed by atoms with Gasteiger partial charge in [0.15, 0.2) is 0 Å². The number of rotatable bonds is 4. The van der Waals surface area contributed by atoms with E-state index in [-0.39, 0.29) is 6.03 Å². The summed E-state index contributed by atoms with van der Waals surface area (Å²) in [4.78, 5) is 25.7. The first-order valence-electron chi connectivity index (χ1n) is 10.9. The predicted molar refractivity (Wildman–Crippen MR) is 118 cm³/mol. The maximum Gasteiger partial charge on any atom is 0.321 e. The number of para-hydroxylation sites is 1. The van der Waals surface area contributed by atoms with Gasteiger partial charge in [0.2, 0.25) is 11.7 Å². The molecular weight excluding hydrogens is 392 g/mol. The van der Waals surface area contributed by atoms with Crippen molar-refractivity contribution < 1.29 is 9.32 Å². The van der Waals surface area contributed by atoms with Gasteiger partial charge in [0, 0.05) is 49.5 Å². The van der Waals surface area contributed by atoms with Gasteiger partial charge in [-0.3, -0.25) is 0 Å². The Morgan fingerprint density at radius 2 is 1.77 bits per heavy atom. The number of hydrogen-bond donors (Lipinski definition) is 1. The number of nitrogens with one attached hydrogen (secondary N) is 1. The average molecular weight is 419 g/mol. The molecule has 8 nitrogen and oxygen atoms in total. The molecule has 1 aliphatic carbocycles. The lowest BCUT2D eigenvalue weighted by Gasteiger charge is -2.35. The molecule has 0 unspecified atom stereocenters. The minimum atomic E-state index is -0.0654. The zero-order chi connectivity index (χ0) is 21.0. The molecule has 0 bridgehead atoms. The van der Waals surface area contributed by atoms with E-state index in [9.17, 15) is 4.79 Å². The maximum atomic E-state index is 12.5. The first kappa shape index (κ1) is 19.5. The van der Waals surface area contributed by atoms with Gasteiger partial charge in [0.1, 0.15) is 5.82 Å². The van der Waals surface area contributed by atoms with Gasteiger partial charge in [-0.15, -0.1) is 0 Å². The molecule has 0 spiro atoms. The van der Waals surface area contributed by atoms with Gasteiger partial charge in [0.05, 0.1) is 0 Å². The fraction of sp³-hybridized carbons (Fsp3) is 0.391. The molecule has 160 valence electrons. The van der Waals surface area contributed by atoms with E-state index in [1.165, 1.54) is 12.8 Å². The summed E-state index contributed by atoms with van der Waals surface area (Å²) in [5, 5.41) is 7.09. The minimum absolute atomic E-state index is 0.0654. The third-order valence-corrected chi connectivity index (χ3v) is 6.07. The molecule has 2 aromatic heterocycles. The van der Waals surface area contributed by atoms with Crippen LogP contribution in [0.5, 0.6) is 0 Å². The van der Waals surface area contributed by atoms with Gasteiger partial charge in [0.25, 0.3) is 0 Å². The lowest BCUT2D eigenvalue weighted by atomic mass is 10.1. The average Bonchev–Trinajstić information content (AvgIpc) is 3.52. The van der Waals surface area contributed by atoms with E-state index in [4.69, 9.17) is 4.52 Å². The molecule has 8 heteroatoms. The summed E-state index contributed by atoms with van der Waals surface area (Å²) in [6.07, 6.45) is 6.54. The molecule has 3 heterocycles. The van der Waals surface area contributed by atoms with E-state index in [2.05, 4.69) is 25.3 Å². The van der Waals surface area contributed by atoms with Crippen molar-refractivity contribution >= 4 is 17.5 Å². The molecule has 1 saturated heterocycles. The molecule has 5 rings (SSSR count). The number of carbonyl (C=O) groups is 1. The molecule has 1 N–H and O–H groups in total. The van der Waals surface area contributed by atoms with Crippen LogP contribution < -0.4 is 10.2 Å². The summed E-state index contributed by atoms with van der Waals surface area (Å²) < 4.78 is 5.48. The quantitative estimate of drug-likeness (QED) is 0.685. The highest BCUT2D eigenvalue weighted by Crippen LogP contribution is 2.33. The highest BCUT2D eigenvalue weighted by Gasteiger charge is 2.24. The van der Waals surface area contributed by atoms with Crippen molar-refractivity contribution in [1.82, 2.24) is 20.0 Å². The van der Waals surface area contributed by atoms with Crippen molar-refractivity contribution in [2.75, 3.05) is 36.4 Å². The highest BCUT2D eigenvalue weighted by atomic mass is 16.5. The molecular formula is C23H26N6O2. The molecule has 0 atom stereocenters. The standard InChI is InChI=1S/C23H26N6O2/c30-23(25-19-8-2-1-3-9-19)29-14-12-28(13-15-29)20-11-10-18(16-24-20)21-26-22(31-27-21)17-6-4-5-7-17/h1-3,8-11,16-17H,4-7,12-15H2,(H,25,30). The summed E-state index contributed by atoms with van der Waals surface area (Å²) in [5.41, 5.74) is 1.67. The van der Waals surface area contributed by atoms with Crippen molar-refractivity contribution in [1.29, 1.82) is 0 Å². The Labute approximate surface area is 181 Å². The third-order valence-electron chi connectivity index (χ3n) is 6.07. The largest absolute Gasteiger partial charge is 0.353 e. The number of nitrogens with zero attached hydrogens (tertiary/aromatic N) is 5. The monoisotopic (exact) mass is 418 g/mol. The van der Waals surface area contributed by atoms with Crippen LogP contribution in [-0.2, 0) is 0 Å². The number of aromatic nitrogens is 3. The Bertz CT molecular complexity index is 1010. The van der Waals surface area contributed by atoms with E-state index >= 15 is 0 Å². The number of amides is 2. The zero-order valence-corrected chi connectivity index (χ0v) is 17.4. The lowest BCUT2D eigenvalue weighted by Crippen LogP contribution is -2.50. The summed E-state index contributed by atoms with van der Waals surface area (Å²) in [5.74, 6) is 2.65. The van der Waals surface area contributed by atoms with Crippen LogP contribution in [0.15, 0.2) is 53.2 Å². The number of hydrogen-bond acceptors (Lipinski definition) is 6. The van der Waals surface area contributed by atoms with Crippen LogP contribution >= 0.6 is 0 Å². The molecule has 2 aliphatic rings. The van der Waals surface area contributed by atoms with Gasteiger partial charge < -0.3 is 19.6 Å². The number of pyridine rings is 1. The third kappa shape index (κ3) is 4.38. The summed E-state index contributed by atoms with van der Waals surface area (Å²) in [7, 11) is 0. The van der Waals surface area contributed by atoms with E-state index in [0.29, 0.717) is 24.8 Å². The Morgan fingerprint density at radius 3 is 2.48 bits per heavy atom. The summed E-state index contributed by atoms with van der Waals surface area (Å²) >= 11 is 0.